The third-order valence-electron chi connectivity index (χ3n) is 4.34. The molecule has 6 heteroatoms. The van der Waals surface area contributed by atoms with Gasteiger partial charge in [0.15, 0.2) is 11.6 Å². The topological polar surface area (TPSA) is 72.2 Å². The molecular weight excluding hydrogens is 326 g/mol. The van der Waals surface area contributed by atoms with Crippen LogP contribution in [0.1, 0.15) is 34.7 Å². The van der Waals surface area contributed by atoms with Gasteiger partial charge in [-0.2, -0.15) is 0 Å². The van der Waals surface area contributed by atoms with E-state index < -0.39 is 23.6 Å². The summed E-state index contributed by atoms with van der Waals surface area (Å²) in [7, 11) is 0. The fraction of sp³-hybridized carbons (Fsp3) is 0.263. The smallest absolute Gasteiger partial charge is 0.219 e. The van der Waals surface area contributed by atoms with Crippen LogP contribution < -0.4 is 11.1 Å². The van der Waals surface area contributed by atoms with Gasteiger partial charge >= 0.3 is 0 Å². The Hall–Kier alpha value is -2.76. The summed E-state index contributed by atoms with van der Waals surface area (Å²) < 4.78 is 28.5. The second-order valence-corrected chi connectivity index (χ2v) is 6.07. The van der Waals surface area contributed by atoms with Gasteiger partial charge in [-0.25, -0.2) is 8.78 Å². The average molecular weight is 346 g/mol. The van der Waals surface area contributed by atoms with Crippen molar-refractivity contribution in [2.75, 3.05) is 0 Å². The van der Waals surface area contributed by atoms with Crippen LogP contribution in [0, 0.1) is 32.4 Å². The van der Waals surface area contributed by atoms with Gasteiger partial charge in [-0.1, -0.05) is 12.1 Å². The Morgan fingerprint density at radius 2 is 1.84 bits per heavy atom. The third-order valence-corrected chi connectivity index (χ3v) is 4.34. The van der Waals surface area contributed by atoms with Crippen LogP contribution in [0.4, 0.5) is 8.78 Å². The van der Waals surface area contributed by atoms with Gasteiger partial charge in [0, 0.05) is 5.56 Å². The first-order valence-corrected chi connectivity index (χ1v) is 7.80. The summed E-state index contributed by atoms with van der Waals surface area (Å²) in [6.07, 6.45) is 0.00508. The van der Waals surface area contributed by atoms with Crippen molar-refractivity contribution in [3.8, 4) is 11.1 Å². The molecule has 2 amide bonds. The Bertz CT molecular complexity index is 835. The van der Waals surface area contributed by atoms with Crippen LogP contribution in [-0.2, 0) is 9.59 Å². The van der Waals surface area contributed by atoms with Gasteiger partial charge in [0.05, 0.1) is 12.5 Å². The van der Waals surface area contributed by atoms with E-state index in [4.69, 9.17) is 5.73 Å². The molecule has 3 N–H and O–H groups in total. The number of primary amides is 1. The Balaban J connectivity index is 2.68. The minimum absolute atomic E-state index is 0.110. The molecule has 25 heavy (non-hydrogen) atoms. The number of nitrogens with two attached hydrogens (primary N) is 1. The molecule has 0 aliphatic heterocycles. The van der Waals surface area contributed by atoms with E-state index in [1.165, 1.54) is 6.07 Å². The third kappa shape index (κ3) is 3.84. The SMILES string of the molecule is Cc1ccc(C)c(-c2cc(F)c(F)c([C@H](CC(N)=O)NC=O)c2)c1C. The number of amides is 2. The van der Waals surface area contributed by atoms with Gasteiger partial charge in [-0.05, 0) is 60.7 Å². The summed E-state index contributed by atoms with van der Waals surface area (Å²) in [5, 5.41) is 2.33. The molecular formula is C19H20F2N2O2. The lowest BCUT2D eigenvalue weighted by Crippen LogP contribution is -2.26. The van der Waals surface area contributed by atoms with Gasteiger partial charge in [0.25, 0.3) is 0 Å². The number of benzene rings is 2. The zero-order chi connectivity index (χ0) is 18.7. The lowest BCUT2D eigenvalue weighted by atomic mass is 9.90. The van der Waals surface area contributed by atoms with Crippen LogP contribution in [0.25, 0.3) is 11.1 Å². The minimum atomic E-state index is -1.10. The quantitative estimate of drug-likeness (QED) is 0.788. The molecule has 0 saturated carbocycles. The first kappa shape index (κ1) is 18.6. The largest absolute Gasteiger partial charge is 0.370 e. The average Bonchev–Trinajstić information content (AvgIpc) is 2.53. The van der Waals surface area contributed by atoms with Crippen molar-refractivity contribution >= 4 is 12.3 Å². The first-order chi connectivity index (χ1) is 11.8. The minimum Gasteiger partial charge on any atom is -0.370 e. The molecule has 2 rings (SSSR count). The summed E-state index contributed by atoms with van der Waals surface area (Å²) in [4.78, 5) is 22.0. The lowest BCUT2D eigenvalue weighted by Gasteiger charge is -2.19. The van der Waals surface area contributed by atoms with E-state index in [1.54, 1.807) is 0 Å². The Morgan fingerprint density at radius 3 is 2.44 bits per heavy atom. The molecule has 2 aromatic rings. The number of carbonyl (C=O) groups excluding carboxylic acids is 2. The van der Waals surface area contributed by atoms with Crippen molar-refractivity contribution in [3.05, 3.63) is 58.2 Å². The predicted octanol–water partition coefficient (Wildman–Crippen LogP) is 3.22. The molecule has 0 saturated heterocycles. The van der Waals surface area contributed by atoms with E-state index in [0.717, 1.165) is 28.3 Å². The summed E-state index contributed by atoms with van der Waals surface area (Å²) >= 11 is 0. The second kappa shape index (κ2) is 7.42. The van der Waals surface area contributed by atoms with Crippen molar-refractivity contribution in [3.63, 3.8) is 0 Å². The standard InChI is InChI=1S/C19H20F2N2O2/c1-10-4-5-11(2)18(12(10)3)13-6-14(19(21)15(20)7-13)16(23-9-24)8-17(22)25/h4-7,9,16H,8H2,1-3H3,(H2,22,25)(H,23,24)/t16-/m0/s1. The van der Waals surface area contributed by atoms with Crippen LogP contribution in [0.2, 0.25) is 0 Å². The van der Waals surface area contributed by atoms with Gasteiger partial charge in [0.2, 0.25) is 12.3 Å². The molecule has 0 aromatic heterocycles. The highest BCUT2D eigenvalue weighted by Gasteiger charge is 2.22. The van der Waals surface area contributed by atoms with Gasteiger partial charge in [-0.15, -0.1) is 0 Å². The Kier molecular flexibility index (Phi) is 5.51. The number of nitrogens with one attached hydrogen (secondary N) is 1. The van der Waals surface area contributed by atoms with E-state index in [2.05, 4.69) is 5.32 Å². The number of carbonyl (C=O) groups is 2. The fourth-order valence-electron chi connectivity index (χ4n) is 2.95. The predicted molar refractivity (Wildman–Crippen MR) is 91.8 cm³/mol. The Morgan fingerprint density at radius 1 is 1.20 bits per heavy atom. The maximum atomic E-state index is 14.3. The molecule has 132 valence electrons. The van der Waals surface area contributed by atoms with Crippen molar-refractivity contribution in [1.82, 2.24) is 5.32 Å². The van der Waals surface area contributed by atoms with E-state index >= 15 is 0 Å². The van der Waals surface area contributed by atoms with Crippen LogP contribution in [0.15, 0.2) is 24.3 Å². The summed E-state index contributed by atoms with van der Waals surface area (Å²) in [5.74, 6) is -2.88. The molecule has 2 aromatic carbocycles. The molecule has 0 bridgehead atoms. The van der Waals surface area contributed by atoms with Crippen LogP contribution in [0.3, 0.4) is 0 Å². The molecule has 1 atom stereocenters. The zero-order valence-corrected chi connectivity index (χ0v) is 14.3. The van der Waals surface area contributed by atoms with E-state index in [1.807, 2.05) is 32.9 Å². The zero-order valence-electron chi connectivity index (χ0n) is 14.3. The lowest BCUT2D eigenvalue weighted by molar-refractivity contribution is -0.118. The molecule has 4 nitrogen and oxygen atoms in total. The van der Waals surface area contributed by atoms with E-state index in [9.17, 15) is 18.4 Å². The van der Waals surface area contributed by atoms with Crippen molar-refractivity contribution in [2.24, 2.45) is 5.73 Å². The van der Waals surface area contributed by atoms with E-state index in [-0.39, 0.29) is 12.0 Å². The number of hydrogen-bond acceptors (Lipinski definition) is 2. The highest BCUT2D eigenvalue weighted by atomic mass is 19.2. The molecule has 0 unspecified atom stereocenters. The van der Waals surface area contributed by atoms with Crippen LogP contribution in [0.5, 0.6) is 0 Å². The van der Waals surface area contributed by atoms with Crippen LogP contribution >= 0.6 is 0 Å². The van der Waals surface area contributed by atoms with Gasteiger partial charge in [-0.3, -0.25) is 9.59 Å². The molecule has 0 fully saturated rings. The first-order valence-electron chi connectivity index (χ1n) is 7.80. The molecule has 0 radical (unpaired) electrons. The highest BCUT2D eigenvalue weighted by molar-refractivity contribution is 5.76. The summed E-state index contributed by atoms with van der Waals surface area (Å²) in [6.45, 7) is 5.72. The van der Waals surface area contributed by atoms with Crippen molar-refractivity contribution in [2.45, 2.75) is 33.2 Å². The molecule has 0 spiro atoms. The van der Waals surface area contributed by atoms with Crippen LogP contribution in [-0.4, -0.2) is 12.3 Å². The fourth-order valence-corrected chi connectivity index (χ4v) is 2.95. The number of aryl methyl sites for hydroxylation is 2. The monoisotopic (exact) mass is 346 g/mol. The van der Waals surface area contributed by atoms with E-state index in [0.29, 0.717) is 12.0 Å². The number of rotatable bonds is 6. The molecule has 0 heterocycles. The van der Waals surface area contributed by atoms with Crippen molar-refractivity contribution < 1.29 is 18.4 Å². The highest BCUT2D eigenvalue weighted by Crippen LogP contribution is 2.33. The number of halogens is 2. The number of hydrogen-bond donors (Lipinski definition) is 2. The summed E-state index contributed by atoms with van der Waals surface area (Å²) in [6, 6.07) is 5.41. The van der Waals surface area contributed by atoms with Gasteiger partial charge < -0.3 is 11.1 Å². The Labute approximate surface area is 145 Å². The summed E-state index contributed by atoms with van der Waals surface area (Å²) in [5.41, 5.74) is 9.20. The van der Waals surface area contributed by atoms with Crippen molar-refractivity contribution in [1.29, 1.82) is 0 Å². The second-order valence-electron chi connectivity index (χ2n) is 6.07. The molecule has 0 aliphatic carbocycles. The maximum absolute atomic E-state index is 14.3. The van der Waals surface area contributed by atoms with Gasteiger partial charge in [0.1, 0.15) is 0 Å². The normalized spacial score (nSPS) is 11.9. The molecule has 0 aliphatic rings. The maximum Gasteiger partial charge on any atom is 0.219 e.